The first kappa shape index (κ1) is 12.5. The Morgan fingerprint density at radius 3 is 2.82 bits per heavy atom. The first-order valence-electron chi connectivity index (χ1n) is 5.77. The van der Waals surface area contributed by atoms with Crippen molar-refractivity contribution in [1.29, 1.82) is 0 Å². The molecule has 0 amide bonds. The Kier molecular flexibility index (Phi) is 3.74. The quantitative estimate of drug-likeness (QED) is 0.755. The lowest BCUT2D eigenvalue weighted by molar-refractivity contribution is 0.273. The lowest BCUT2D eigenvalue weighted by Crippen LogP contribution is -2.50. The SMILES string of the molecule is COc1nc(Cl)ccc1N1CCN(C)C[C@@H]1C. The van der Waals surface area contributed by atoms with E-state index in [4.69, 9.17) is 16.3 Å². The highest BCUT2D eigenvalue weighted by Crippen LogP contribution is 2.30. The molecule has 5 heteroatoms. The molecule has 94 valence electrons. The van der Waals surface area contributed by atoms with Gasteiger partial charge in [0.25, 0.3) is 0 Å². The molecule has 17 heavy (non-hydrogen) atoms. The minimum Gasteiger partial charge on any atom is -0.479 e. The van der Waals surface area contributed by atoms with Gasteiger partial charge in [0.15, 0.2) is 0 Å². The number of methoxy groups -OCH3 is 1. The summed E-state index contributed by atoms with van der Waals surface area (Å²) in [5.74, 6) is 0.605. The Bertz CT molecular complexity index is 399. The molecule has 1 aliphatic heterocycles. The highest BCUT2D eigenvalue weighted by molar-refractivity contribution is 6.29. The van der Waals surface area contributed by atoms with E-state index in [1.807, 2.05) is 12.1 Å². The summed E-state index contributed by atoms with van der Waals surface area (Å²) in [5.41, 5.74) is 1.03. The van der Waals surface area contributed by atoms with E-state index in [1.165, 1.54) is 0 Å². The van der Waals surface area contributed by atoms with Gasteiger partial charge in [0.2, 0.25) is 5.88 Å². The summed E-state index contributed by atoms with van der Waals surface area (Å²) < 4.78 is 5.30. The van der Waals surface area contributed by atoms with Gasteiger partial charge < -0.3 is 14.5 Å². The molecule has 0 aliphatic carbocycles. The zero-order valence-corrected chi connectivity index (χ0v) is 11.2. The number of ether oxygens (including phenoxy) is 1. The van der Waals surface area contributed by atoms with E-state index in [-0.39, 0.29) is 0 Å². The van der Waals surface area contributed by atoms with E-state index in [0.29, 0.717) is 17.1 Å². The van der Waals surface area contributed by atoms with Gasteiger partial charge >= 0.3 is 0 Å². The first-order valence-corrected chi connectivity index (χ1v) is 6.15. The number of hydrogen-bond acceptors (Lipinski definition) is 4. The first-order chi connectivity index (χ1) is 8.11. The number of piperazine rings is 1. The van der Waals surface area contributed by atoms with Crippen molar-refractivity contribution in [3.05, 3.63) is 17.3 Å². The van der Waals surface area contributed by atoms with E-state index >= 15 is 0 Å². The number of aromatic nitrogens is 1. The number of anilines is 1. The second-order valence-electron chi connectivity index (χ2n) is 4.47. The standard InChI is InChI=1S/C12H18ClN3O/c1-9-8-15(2)6-7-16(9)10-4-5-11(13)14-12(10)17-3/h4-5,9H,6-8H2,1-3H3/t9-/m0/s1. The van der Waals surface area contributed by atoms with Gasteiger partial charge in [-0.25, -0.2) is 0 Å². The summed E-state index contributed by atoms with van der Waals surface area (Å²) in [4.78, 5) is 8.86. The predicted octanol–water partition coefficient (Wildman–Crippen LogP) is 1.88. The number of nitrogens with zero attached hydrogens (tertiary/aromatic N) is 3. The minimum absolute atomic E-state index is 0.450. The number of hydrogen-bond donors (Lipinski definition) is 0. The molecule has 1 saturated heterocycles. The number of pyridine rings is 1. The lowest BCUT2D eigenvalue weighted by Gasteiger charge is -2.39. The molecule has 2 heterocycles. The molecule has 1 atom stereocenters. The van der Waals surface area contributed by atoms with E-state index in [2.05, 4.69) is 28.8 Å². The fraction of sp³-hybridized carbons (Fsp3) is 0.583. The zero-order valence-electron chi connectivity index (χ0n) is 10.5. The van der Waals surface area contributed by atoms with Crippen LogP contribution >= 0.6 is 11.6 Å². The van der Waals surface area contributed by atoms with Crippen molar-refractivity contribution in [2.45, 2.75) is 13.0 Å². The van der Waals surface area contributed by atoms with Crippen LogP contribution < -0.4 is 9.64 Å². The van der Waals surface area contributed by atoms with Crippen LogP contribution in [0.5, 0.6) is 5.88 Å². The van der Waals surface area contributed by atoms with E-state index in [0.717, 1.165) is 25.3 Å². The average Bonchev–Trinajstić information content (AvgIpc) is 2.30. The van der Waals surface area contributed by atoms with Gasteiger partial charge in [0, 0.05) is 25.7 Å². The van der Waals surface area contributed by atoms with E-state index in [1.54, 1.807) is 7.11 Å². The topological polar surface area (TPSA) is 28.6 Å². The van der Waals surface area contributed by atoms with E-state index < -0.39 is 0 Å². The Hall–Kier alpha value is -1.00. The van der Waals surface area contributed by atoms with Crippen LogP contribution in [0.2, 0.25) is 5.15 Å². The maximum Gasteiger partial charge on any atom is 0.238 e. The van der Waals surface area contributed by atoms with Crippen LogP contribution in [0.3, 0.4) is 0 Å². The van der Waals surface area contributed by atoms with Gasteiger partial charge in [-0.2, -0.15) is 4.98 Å². The van der Waals surface area contributed by atoms with Crippen LogP contribution in [0.1, 0.15) is 6.92 Å². The van der Waals surface area contributed by atoms with Crippen LogP contribution in [0.25, 0.3) is 0 Å². The molecule has 1 aliphatic rings. The second-order valence-corrected chi connectivity index (χ2v) is 4.85. The molecule has 1 fully saturated rings. The van der Waals surface area contributed by atoms with Gasteiger partial charge in [-0.15, -0.1) is 0 Å². The molecular weight excluding hydrogens is 238 g/mol. The average molecular weight is 256 g/mol. The monoisotopic (exact) mass is 255 g/mol. The maximum atomic E-state index is 5.88. The van der Waals surface area contributed by atoms with Crippen molar-refractivity contribution in [1.82, 2.24) is 9.88 Å². The highest BCUT2D eigenvalue weighted by Gasteiger charge is 2.24. The van der Waals surface area contributed by atoms with E-state index in [9.17, 15) is 0 Å². The number of halogens is 1. The summed E-state index contributed by atoms with van der Waals surface area (Å²) >= 11 is 5.88. The van der Waals surface area contributed by atoms with Gasteiger partial charge in [-0.3, -0.25) is 0 Å². The van der Waals surface area contributed by atoms with Crippen molar-refractivity contribution < 1.29 is 4.74 Å². The molecular formula is C12H18ClN3O. The molecule has 0 unspecified atom stereocenters. The lowest BCUT2D eigenvalue weighted by atomic mass is 10.2. The fourth-order valence-corrected chi connectivity index (χ4v) is 2.42. The summed E-state index contributed by atoms with van der Waals surface area (Å²) in [5, 5.41) is 0.465. The highest BCUT2D eigenvalue weighted by atomic mass is 35.5. The summed E-state index contributed by atoms with van der Waals surface area (Å²) in [6.07, 6.45) is 0. The third-order valence-corrected chi connectivity index (χ3v) is 3.35. The fourth-order valence-electron chi connectivity index (χ4n) is 2.28. The Labute approximate surface area is 107 Å². The number of rotatable bonds is 2. The Morgan fingerprint density at radius 2 is 2.18 bits per heavy atom. The molecule has 2 rings (SSSR count). The van der Waals surface area contributed by atoms with Crippen molar-refractivity contribution in [3.63, 3.8) is 0 Å². The molecule has 0 spiro atoms. The Morgan fingerprint density at radius 1 is 1.41 bits per heavy atom. The van der Waals surface area contributed by atoms with Gasteiger partial charge in [-0.05, 0) is 26.1 Å². The van der Waals surface area contributed by atoms with Crippen LogP contribution in [0, 0.1) is 0 Å². The molecule has 1 aromatic rings. The summed E-state index contributed by atoms with van der Waals surface area (Å²) in [6.45, 7) is 5.29. The van der Waals surface area contributed by atoms with Crippen LogP contribution in [-0.2, 0) is 0 Å². The Balaban J connectivity index is 2.27. The van der Waals surface area contributed by atoms with Crippen molar-refractivity contribution in [2.24, 2.45) is 0 Å². The van der Waals surface area contributed by atoms with Crippen molar-refractivity contribution >= 4 is 17.3 Å². The molecule has 4 nitrogen and oxygen atoms in total. The smallest absolute Gasteiger partial charge is 0.238 e. The molecule has 0 bridgehead atoms. The van der Waals surface area contributed by atoms with Gasteiger partial charge in [-0.1, -0.05) is 11.6 Å². The molecule has 1 aromatic heterocycles. The molecule has 0 radical (unpaired) electrons. The second kappa shape index (κ2) is 5.10. The largest absolute Gasteiger partial charge is 0.479 e. The van der Waals surface area contributed by atoms with Gasteiger partial charge in [0.05, 0.1) is 7.11 Å². The summed E-state index contributed by atoms with van der Waals surface area (Å²) in [6, 6.07) is 4.24. The van der Waals surface area contributed by atoms with Crippen LogP contribution in [0.4, 0.5) is 5.69 Å². The molecule has 0 aromatic carbocycles. The third kappa shape index (κ3) is 2.64. The zero-order chi connectivity index (χ0) is 12.4. The predicted molar refractivity (Wildman–Crippen MR) is 70.1 cm³/mol. The number of likely N-dealkylation sites (N-methyl/N-ethyl adjacent to an activating group) is 1. The molecule has 0 N–H and O–H groups in total. The van der Waals surface area contributed by atoms with Gasteiger partial charge in [0.1, 0.15) is 10.8 Å². The van der Waals surface area contributed by atoms with Crippen LogP contribution in [-0.4, -0.2) is 49.7 Å². The van der Waals surface area contributed by atoms with Crippen molar-refractivity contribution in [3.8, 4) is 5.88 Å². The maximum absolute atomic E-state index is 5.88. The van der Waals surface area contributed by atoms with Crippen LogP contribution in [0.15, 0.2) is 12.1 Å². The third-order valence-electron chi connectivity index (χ3n) is 3.14. The summed E-state index contributed by atoms with van der Waals surface area (Å²) in [7, 11) is 3.77. The minimum atomic E-state index is 0.450. The molecule has 0 saturated carbocycles. The van der Waals surface area contributed by atoms with Crippen molar-refractivity contribution in [2.75, 3.05) is 38.7 Å². The normalized spacial score (nSPS) is 21.6.